The lowest BCUT2D eigenvalue weighted by Crippen LogP contribution is -2.35. The highest BCUT2D eigenvalue weighted by Crippen LogP contribution is 2.27. The van der Waals surface area contributed by atoms with E-state index >= 15 is 0 Å². The Bertz CT molecular complexity index is 797. The van der Waals surface area contributed by atoms with Crippen LogP contribution in [-0.4, -0.2) is 30.5 Å². The van der Waals surface area contributed by atoms with Crippen LogP contribution in [0.2, 0.25) is 0 Å². The number of anilines is 1. The van der Waals surface area contributed by atoms with E-state index in [2.05, 4.69) is 17.1 Å². The Morgan fingerprint density at radius 2 is 1.96 bits per heavy atom. The first-order valence-corrected chi connectivity index (χ1v) is 10.6. The second kappa shape index (κ2) is 8.28. The van der Waals surface area contributed by atoms with Gasteiger partial charge in [0, 0.05) is 25.0 Å². The van der Waals surface area contributed by atoms with Gasteiger partial charge in [0.15, 0.2) is 0 Å². The molecule has 1 aliphatic heterocycles. The highest BCUT2D eigenvalue weighted by molar-refractivity contribution is 6.07. The number of fused-ring (bicyclic) bond motifs is 1. The third kappa shape index (κ3) is 4.26. The van der Waals surface area contributed by atoms with Crippen molar-refractivity contribution in [1.82, 2.24) is 10.3 Å². The van der Waals surface area contributed by atoms with Crippen molar-refractivity contribution >= 4 is 22.6 Å². The van der Waals surface area contributed by atoms with Crippen molar-refractivity contribution in [3.8, 4) is 0 Å². The molecule has 2 heterocycles. The number of hydrogen-bond acceptors (Lipinski definition) is 3. The van der Waals surface area contributed by atoms with Gasteiger partial charge in [0.05, 0.1) is 11.1 Å². The number of amides is 1. The molecule has 4 nitrogen and oxygen atoms in total. The zero-order valence-corrected chi connectivity index (χ0v) is 16.4. The van der Waals surface area contributed by atoms with E-state index in [1.807, 2.05) is 30.3 Å². The summed E-state index contributed by atoms with van der Waals surface area (Å²) in [5.74, 6) is 2.31. The molecule has 2 aromatic rings. The maximum atomic E-state index is 13.0. The molecule has 1 atom stereocenters. The van der Waals surface area contributed by atoms with Gasteiger partial charge in [-0.1, -0.05) is 44.4 Å². The van der Waals surface area contributed by atoms with E-state index in [-0.39, 0.29) is 5.91 Å². The summed E-state index contributed by atoms with van der Waals surface area (Å²) in [6, 6.07) is 10.0. The Labute approximate surface area is 162 Å². The smallest absolute Gasteiger partial charge is 0.252 e. The first kappa shape index (κ1) is 18.3. The van der Waals surface area contributed by atoms with Gasteiger partial charge in [0.25, 0.3) is 5.91 Å². The Balaban J connectivity index is 1.58. The average Bonchev–Trinajstić information content (AvgIpc) is 2.72. The van der Waals surface area contributed by atoms with Crippen LogP contribution in [-0.2, 0) is 0 Å². The molecule has 1 saturated heterocycles. The predicted molar refractivity (Wildman–Crippen MR) is 111 cm³/mol. The number of benzene rings is 1. The lowest BCUT2D eigenvalue weighted by atomic mass is 9.89. The predicted octanol–water partition coefficient (Wildman–Crippen LogP) is 4.78. The number of carbonyl (C=O) groups is 1. The van der Waals surface area contributed by atoms with E-state index in [0.717, 1.165) is 41.9 Å². The molecule has 0 spiro atoms. The van der Waals surface area contributed by atoms with Gasteiger partial charge in [-0.05, 0) is 49.7 Å². The summed E-state index contributed by atoms with van der Waals surface area (Å²) in [4.78, 5) is 20.3. The molecular formula is C23H31N3O. The van der Waals surface area contributed by atoms with E-state index in [9.17, 15) is 4.79 Å². The van der Waals surface area contributed by atoms with Crippen LogP contribution < -0.4 is 10.2 Å². The third-order valence-corrected chi connectivity index (χ3v) is 6.20. The van der Waals surface area contributed by atoms with Gasteiger partial charge in [-0.2, -0.15) is 0 Å². The van der Waals surface area contributed by atoms with Gasteiger partial charge in [0.2, 0.25) is 0 Å². The van der Waals surface area contributed by atoms with Crippen LogP contribution in [0, 0.1) is 11.8 Å². The van der Waals surface area contributed by atoms with Crippen molar-refractivity contribution in [3.63, 3.8) is 0 Å². The van der Waals surface area contributed by atoms with Gasteiger partial charge in [-0.3, -0.25) is 4.79 Å². The molecule has 1 saturated carbocycles. The summed E-state index contributed by atoms with van der Waals surface area (Å²) in [5.41, 5.74) is 1.68. The summed E-state index contributed by atoms with van der Waals surface area (Å²) in [5, 5.41) is 4.17. The number of carbonyl (C=O) groups excluding carboxylic acids is 1. The van der Waals surface area contributed by atoms with Crippen molar-refractivity contribution in [2.45, 2.75) is 51.9 Å². The average molecular weight is 366 g/mol. The standard InChI is InChI=1S/C23H31N3O/c1-17-8-7-13-26(16-17)22-14-20(19-11-5-6-12-21(19)25-22)23(27)24-15-18-9-3-2-4-10-18/h5-6,11-12,14,17-18H,2-4,7-10,13,15-16H2,1H3,(H,24,27)/t17-/m0/s1. The second-order valence-electron chi connectivity index (χ2n) is 8.45. The molecule has 4 heteroatoms. The van der Waals surface area contributed by atoms with E-state index in [1.54, 1.807) is 0 Å². The summed E-state index contributed by atoms with van der Waals surface area (Å²) in [6.07, 6.45) is 8.91. The highest BCUT2D eigenvalue weighted by Gasteiger charge is 2.21. The summed E-state index contributed by atoms with van der Waals surface area (Å²) in [6.45, 7) is 5.14. The van der Waals surface area contributed by atoms with E-state index in [4.69, 9.17) is 4.98 Å². The van der Waals surface area contributed by atoms with E-state index in [1.165, 1.54) is 44.9 Å². The first-order chi connectivity index (χ1) is 13.2. The SMILES string of the molecule is C[C@H]1CCCN(c2cc(C(=O)NCC3CCCCC3)c3ccccc3n2)C1. The summed E-state index contributed by atoms with van der Waals surface area (Å²) in [7, 11) is 0. The quantitative estimate of drug-likeness (QED) is 0.848. The monoisotopic (exact) mass is 365 g/mol. The van der Waals surface area contributed by atoms with Crippen molar-refractivity contribution in [1.29, 1.82) is 0 Å². The Morgan fingerprint density at radius 1 is 1.15 bits per heavy atom. The molecule has 2 aliphatic rings. The van der Waals surface area contributed by atoms with Crippen LogP contribution >= 0.6 is 0 Å². The van der Waals surface area contributed by atoms with Gasteiger partial charge in [-0.25, -0.2) is 4.98 Å². The van der Waals surface area contributed by atoms with E-state index in [0.29, 0.717) is 11.8 Å². The Hall–Kier alpha value is -2.10. The van der Waals surface area contributed by atoms with Gasteiger partial charge < -0.3 is 10.2 Å². The van der Waals surface area contributed by atoms with Crippen LogP contribution in [0.1, 0.15) is 62.2 Å². The number of para-hydroxylation sites is 1. The molecule has 1 amide bonds. The lowest BCUT2D eigenvalue weighted by molar-refractivity contribution is 0.0945. The third-order valence-electron chi connectivity index (χ3n) is 6.20. The van der Waals surface area contributed by atoms with E-state index < -0.39 is 0 Å². The normalized spacial score (nSPS) is 21.4. The minimum absolute atomic E-state index is 0.0467. The number of nitrogens with one attached hydrogen (secondary N) is 1. The van der Waals surface area contributed by atoms with Crippen LogP contribution in [0.15, 0.2) is 30.3 Å². The molecular weight excluding hydrogens is 334 g/mol. The number of hydrogen-bond donors (Lipinski definition) is 1. The molecule has 2 fully saturated rings. The topological polar surface area (TPSA) is 45.2 Å². The molecule has 1 aromatic heterocycles. The van der Waals surface area contributed by atoms with Crippen LogP contribution in [0.3, 0.4) is 0 Å². The first-order valence-electron chi connectivity index (χ1n) is 10.6. The fourth-order valence-corrected chi connectivity index (χ4v) is 4.63. The number of rotatable bonds is 4. The van der Waals surface area contributed by atoms with Crippen LogP contribution in [0.25, 0.3) is 10.9 Å². The zero-order valence-electron chi connectivity index (χ0n) is 16.4. The number of pyridine rings is 1. The molecule has 1 aliphatic carbocycles. The maximum absolute atomic E-state index is 13.0. The summed E-state index contributed by atoms with van der Waals surface area (Å²) < 4.78 is 0. The Morgan fingerprint density at radius 3 is 2.78 bits per heavy atom. The highest BCUT2D eigenvalue weighted by atomic mass is 16.1. The van der Waals surface area contributed by atoms with Crippen LogP contribution in [0.4, 0.5) is 5.82 Å². The fraction of sp³-hybridized carbons (Fsp3) is 0.565. The number of nitrogens with zero attached hydrogens (tertiary/aromatic N) is 2. The van der Waals surface area contributed by atoms with Gasteiger partial charge in [-0.15, -0.1) is 0 Å². The molecule has 0 unspecified atom stereocenters. The van der Waals surface area contributed by atoms with Crippen LogP contribution in [0.5, 0.6) is 0 Å². The fourth-order valence-electron chi connectivity index (χ4n) is 4.63. The molecule has 0 radical (unpaired) electrons. The minimum atomic E-state index is 0.0467. The second-order valence-corrected chi connectivity index (χ2v) is 8.45. The van der Waals surface area contributed by atoms with Crippen molar-refractivity contribution in [2.75, 3.05) is 24.5 Å². The molecule has 0 bridgehead atoms. The number of piperidine rings is 1. The maximum Gasteiger partial charge on any atom is 0.252 e. The molecule has 144 valence electrons. The van der Waals surface area contributed by atoms with Gasteiger partial charge in [0.1, 0.15) is 5.82 Å². The largest absolute Gasteiger partial charge is 0.356 e. The molecule has 27 heavy (non-hydrogen) atoms. The van der Waals surface area contributed by atoms with Crippen molar-refractivity contribution < 1.29 is 4.79 Å². The minimum Gasteiger partial charge on any atom is -0.356 e. The molecule has 1 aromatic carbocycles. The van der Waals surface area contributed by atoms with Crippen molar-refractivity contribution in [3.05, 3.63) is 35.9 Å². The molecule has 1 N–H and O–H groups in total. The Kier molecular flexibility index (Phi) is 5.61. The summed E-state index contributed by atoms with van der Waals surface area (Å²) >= 11 is 0. The zero-order chi connectivity index (χ0) is 18.6. The number of aromatic nitrogens is 1. The van der Waals surface area contributed by atoms with Crippen molar-refractivity contribution in [2.24, 2.45) is 11.8 Å². The molecule has 4 rings (SSSR count). The lowest BCUT2D eigenvalue weighted by Gasteiger charge is -2.32. The van der Waals surface area contributed by atoms with Gasteiger partial charge >= 0.3 is 0 Å².